The van der Waals surface area contributed by atoms with Crippen LogP contribution in [0.2, 0.25) is 0 Å². The summed E-state index contributed by atoms with van der Waals surface area (Å²) >= 11 is 1.59. The molecule has 0 radical (unpaired) electrons. The number of nitrogens with zero attached hydrogens (tertiary/aromatic N) is 2. The van der Waals surface area contributed by atoms with Crippen LogP contribution in [0.15, 0.2) is 83.8 Å². The van der Waals surface area contributed by atoms with E-state index in [-0.39, 0.29) is 22.1 Å². The molecule has 2 aliphatic rings. The summed E-state index contributed by atoms with van der Waals surface area (Å²) in [5.41, 5.74) is 3.06. The molecule has 9 heteroatoms. The first-order valence-electron chi connectivity index (χ1n) is 12.9. The Labute approximate surface area is 228 Å². The van der Waals surface area contributed by atoms with Crippen LogP contribution in [-0.2, 0) is 21.4 Å². The topological polar surface area (TPSA) is 86.8 Å². The molecule has 38 heavy (non-hydrogen) atoms. The molecule has 2 aliphatic heterocycles. The van der Waals surface area contributed by atoms with Gasteiger partial charge in [-0.1, -0.05) is 55.3 Å². The molecule has 198 valence electrons. The molecule has 3 aromatic carbocycles. The van der Waals surface area contributed by atoms with E-state index in [1.54, 1.807) is 52.5 Å². The standard InChI is InChI=1S/C29H31N3O4S2/c33-27-21-37-29(32(27)20-22-8-4-3-5-9-22)24-12-10-23(11-13-24)28(34)30-25-14-16-26(17-15-25)38(35,36)31-18-6-1-2-7-19-31/h3-5,8-17,29H,1-2,6-7,18-21H2,(H,30,34)/t29-/m0/s1. The second kappa shape index (κ2) is 11.7. The SMILES string of the molecule is O=C(Nc1ccc(S(=O)(=O)N2CCCCCC2)cc1)c1ccc([C@@H]2SCC(=O)N2Cc2ccccc2)cc1. The van der Waals surface area contributed by atoms with Gasteiger partial charge in [-0.2, -0.15) is 4.31 Å². The van der Waals surface area contributed by atoms with Crippen molar-refractivity contribution >= 4 is 39.3 Å². The third-order valence-corrected chi connectivity index (χ3v) is 10.1. The van der Waals surface area contributed by atoms with E-state index in [1.807, 2.05) is 47.4 Å². The first kappa shape index (κ1) is 26.5. The number of hydrogen-bond donors (Lipinski definition) is 1. The number of hydrogen-bond acceptors (Lipinski definition) is 5. The second-order valence-electron chi connectivity index (χ2n) is 9.59. The maximum absolute atomic E-state index is 13.0. The summed E-state index contributed by atoms with van der Waals surface area (Å²) in [6, 6.07) is 23.6. The van der Waals surface area contributed by atoms with Crippen LogP contribution in [0.1, 0.15) is 52.5 Å². The van der Waals surface area contributed by atoms with Gasteiger partial charge in [-0.3, -0.25) is 9.59 Å². The summed E-state index contributed by atoms with van der Waals surface area (Å²) in [5, 5.41) is 2.75. The number of carbonyl (C=O) groups is 2. The summed E-state index contributed by atoms with van der Waals surface area (Å²) in [4.78, 5) is 27.5. The Kier molecular flexibility index (Phi) is 8.16. The van der Waals surface area contributed by atoms with Gasteiger partial charge in [0.15, 0.2) is 0 Å². The third kappa shape index (κ3) is 5.95. The van der Waals surface area contributed by atoms with Crippen molar-refractivity contribution in [3.8, 4) is 0 Å². The van der Waals surface area contributed by atoms with Crippen LogP contribution in [0.3, 0.4) is 0 Å². The normalized spacial score (nSPS) is 18.8. The number of amides is 2. The summed E-state index contributed by atoms with van der Waals surface area (Å²) in [6.45, 7) is 1.64. The zero-order valence-corrected chi connectivity index (χ0v) is 22.7. The molecule has 1 N–H and O–H groups in total. The Bertz CT molecular complexity index is 1370. The average molecular weight is 550 g/mol. The summed E-state index contributed by atoms with van der Waals surface area (Å²) in [7, 11) is -3.53. The lowest BCUT2D eigenvalue weighted by atomic mass is 10.1. The number of nitrogens with one attached hydrogen (secondary N) is 1. The van der Waals surface area contributed by atoms with E-state index < -0.39 is 10.0 Å². The molecule has 2 amide bonds. The highest BCUT2D eigenvalue weighted by Gasteiger charge is 2.32. The zero-order chi connectivity index (χ0) is 26.5. The van der Waals surface area contributed by atoms with Crippen LogP contribution < -0.4 is 5.32 Å². The maximum Gasteiger partial charge on any atom is 0.255 e. The first-order valence-corrected chi connectivity index (χ1v) is 15.4. The minimum atomic E-state index is -3.53. The molecule has 3 aromatic rings. The molecule has 0 aliphatic carbocycles. The number of carbonyl (C=O) groups excluding carboxylic acids is 2. The van der Waals surface area contributed by atoms with Gasteiger partial charge in [0, 0.05) is 30.9 Å². The van der Waals surface area contributed by atoms with Gasteiger partial charge in [0.2, 0.25) is 15.9 Å². The van der Waals surface area contributed by atoms with E-state index in [1.165, 1.54) is 0 Å². The van der Waals surface area contributed by atoms with Gasteiger partial charge in [0.05, 0.1) is 10.6 Å². The number of rotatable bonds is 7. The molecule has 2 fully saturated rings. The largest absolute Gasteiger partial charge is 0.322 e. The molecule has 0 bridgehead atoms. The Morgan fingerprint density at radius 3 is 2.18 bits per heavy atom. The molecule has 7 nitrogen and oxygen atoms in total. The number of thioether (sulfide) groups is 1. The van der Waals surface area contributed by atoms with E-state index in [4.69, 9.17) is 0 Å². The van der Waals surface area contributed by atoms with Crippen molar-refractivity contribution in [3.05, 3.63) is 95.6 Å². The predicted molar refractivity (Wildman–Crippen MR) is 150 cm³/mol. The number of sulfonamides is 1. The highest BCUT2D eigenvalue weighted by molar-refractivity contribution is 8.00. The molecular formula is C29H31N3O4S2. The number of benzene rings is 3. The average Bonchev–Trinajstić information content (AvgIpc) is 3.11. The minimum Gasteiger partial charge on any atom is -0.322 e. The van der Waals surface area contributed by atoms with Crippen molar-refractivity contribution in [3.63, 3.8) is 0 Å². The number of anilines is 1. The predicted octanol–water partition coefficient (Wildman–Crippen LogP) is 5.28. The van der Waals surface area contributed by atoms with Crippen LogP contribution in [0, 0.1) is 0 Å². The lowest BCUT2D eigenvalue weighted by molar-refractivity contribution is -0.128. The zero-order valence-electron chi connectivity index (χ0n) is 21.1. The van der Waals surface area contributed by atoms with Crippen molar-refractivity contribution in [2.75, 3.05) is 24.2 Å². The Hall–Kier alpha value is -3.14. The molecule has 0 saturated carbocycles. The van der Waals surface area contributed by atoms with Crippen molar-refractivity contribution in [1.29, 1.82) is 0 Å². The summed E-state index contributed by atoms with van der Waals surface area (Å²) in [6.07, 6.45) is 3.88. The lowest BCUT2D eigenvalue weighted by Crippen LogP contribution is -2.31. The van der Waals surface area contributed by atoms with Gasteiger partial charge >= 0.3 is 0 Å². The van der Waals surface area contributed by atoms with Crippen LogP contribution in [-0.4, -0.2) is 48.3 Å². The molecule has 1 atom stereocenters. The van der Waals surface area contributed by atoms with Crippen molar-refractivity contribution in [2.24, 2.45) is 0 Å². The van der Waals surface area contributed by atoms with E-state index in [2.05, 4.69) is 5.32 Å². The maximum atomic E-state index is 13.0. The third-order valence-electron chi connectivity index (χ3n) is 6.94. The smallest absolute Gasteiger partial charge is 0.255 e. The van der Waals surface area contributed by atoms with E-state index in [0.29, 0.717) is 36.6 Å². The lowest BCUT2D eigenvalue weighted by Gasteiger charge is -2.24. The van der Waals surface area contributed by atoms with Crippen LogP contribution in [0.4, 0.5) is 5.69 Å². The molecule has 0 aromatic heterocycles. The molecule has 0 spiro atoms. The van der Waals surface area contributed by atoms with E-state index >= 15 is 0 Å². The fourth-order valence-electron chi connectivity index (χ4n) is 4.82. The second-order valence-corrected chi connectivity index (χ2v) is 12.6. The fraction of sp³-hybridized carbons (Fsp3) is 0.310. The molecular weight excluding hydrogens is 518 g/mol. The highest BCUT2D eigenvalue weighted by atomic mass is 32.2. The van der Waals surface area contributed by atoms with Crippen LogP contribution >= 0.6 is 11.8 Å². The monoisotopic (exact) mass is 549 g/mol. The van der Waals surface area contributed by atoms with Crippen LogP contribution in [0.25, 0.3) is 0 Å². The van der Waals surface area contributed by atoms with Gasteiger partial charge in [-0.15, -0.1) is 11.8 Å². The Morgan fingerprint density at radius 2 is 1.53 bits per heavy atom. The van der Waals surface area contributed by atoms with Gasteiger partial charge in [0.1, 0.15) is 5.37 Å². The van der Waals surface area contributed by atoms with Gasteiger partial charge in [0.25, 0.3) is 5.91 Å². The Morgan fingerprint density at radius 1 is 0.868 bits per heavy atom. The van der Waals surface area contributed by atoms with Gasteiger partial charge < -0.3 is 10.2 Å². The molecule has 5 rings (SSSR count). The molecule has 2 heterocycles. The van der Waals surface area contributed by atoms with Gasteiger partial charge in [-0.25, -0.2) is 8.42 Å². The van der Waals surface area contributed by atoms with Crippen LogP contribution in [0.5, 0.6) is 0 Å². The van der Waals surface area contributed by atoms with E-state index in [0.717, 1.165) is 36.8 Å². The Balaban J connectivity index is 1.23. The fourth-order valence-corrected chi connectivity index (χ4v) is 7.53. The van der Waals surface area contributed by atoms with Crippen molar-refractivity contribution < 1.29 is 18.0 Å². The quantitative estimate of drug-likeness (QED) is 0.434. The summed E-state index contributed by atoms with van der Waals surface area (Å²) < 4.78 is 27.5. The molecule has 0 unspecified atom stereocenters. The minimum absolute atomic E-state index is 0.0986. The highest BCUT2D eigenvalue weighted by Crippen LogP contribution is 2.39. The van der Waals surface area contributed by atoms with Gasteiger partial charge in [-0.05, 0) is 60.4 Å². The van der Waals surface area contributed by atoms with Crippen molar-refractivity contribution in [2.45, 2.75) is 42.5 Å². The summed E-state index contributed by atoms with van der Waals surface area (Å²) in [5.74, 6) is 0.256. The van der Waals surface area contributed by atoms with Crippen molar-refractivity contribution in [1.82, 2.24) is 9.21 Å². The first-order chi connectivity index (χ1) is 18.4. The van der Waals surface area contributed by atoms with E-state index in [9.17, 15) is 18.0 Å². The molecule has 2 saturated heterocycles.